The minimum atomic E-state index is -2.99. The topological polar surface area (TPSA) is 305 Å². The smallest absolute Gasteiger partial charge is 0.310 e. The van der Waals surface area contributed by atoms with Crippen molar-refractivity contribution < 1.29 is 105 Å². The molecular weight excluding hydrogens is 1860 g/mol. The Balaban J connectivity index is 0.000000124. The number of likely N-dealkylation sites (tertiary alicyclic amines) is 2. The van der Waals surface area contributed by atoms with Crippen LogP contribution < -0.4 is 33.7 Å². The second kappa shape index (κ2) is 29.6. The minimum Gasteiger partial charge on any atom is -0.481 e. The van der Waals surface area contributed by atoms with Crippen molar-refractivity contribution in [2.24, 2.45) is 17.8 Å². The van der Waals surface area contributed by atoms with Crippen molar-refractivity contribution in [2.75, 3.05) is 41.0 Å². The van der Waals surface area contributed by atoms with Crippen LogP contribution in [0.2, 0.25) is 15.5 Å². The summed E-state index contributed by atoms with van der Waals surface area (Å²) in [6.07, 6.45) is -5.04. The Kier molecular flexibility index (Phi) is 20.8. The van der Waals surface area contributed by atoms with Crippen molar-refractivity contribution in [1.82, 2.24) is 30.1 Å². The number of rotatable bonds is 12. The number of ether oxygens (including phenoxy) is 6. The molecule has 3 spiro atoms. The van der Waals surface area contributed by atoms with E-state index >= 15 is 0 Å². The van der Waals surface area contributed by atoms with Gasteiger partial charge in [0, 0.05) is 81.7 Å². The first-order valence-corrected chi connectivity index (χ1v) is 42.2. The van der Waals surface area contributed by atoms with E-state index in [1.165, 1.54) is 49.3 Å². The number of aliphatic hydroxyl groups is 6. The van der Waals surface area contributed by atoms with Crippen molar-refractivity contribution >= 4 is 100 Å². The number of nitrogens with zero attached hydrogens (tertiary/aromatic N) is 5. The van der Waals surface area contributed by atoms with E-state index in [2.05, 4.69) is 68.1 Å². The average molecular weight is 1940 g/mol. The van der Waals surface area contributed by atoms with Gasteiger partial charge in [-0.2, -0.15) is 0 Å². The van der Waals surface area contributed by atoms with Gasteiger partial charge in [-0.1, -0.05) is 217 Å². The molecule has 122 heavy (non-hydrogen) atoms. The van der Waals surface area contributed by atoms with E-state index in [-0.39, 0.29) is 107 Å². The number of carboxylic acid groups (broad SMARTS) is 1. The van der Waals surface area contributed by atoms with E-state index in [0.29, 0.717) is 39.8 Å². The maximum Gasteiger partial charge on any atom is 0.310 e. The van der Waals surface area contributed by atoms with Gasteiger partial charge in [0.1, 0.15) is 62.1 Å². The Labute approximate surface area is 734 Å². The first kappa shape index (κ1) is 85.7. The molecule has 22 nitrogen and oxygen atoms in total. The molecule has 6 aliphatic heterocycles. The zero-order chi connectivity index (χ0) is 85.9. The number of carbonyl (C=O) groups excluding carboxylic acids is 2. The Morgan fingerprint density at radius 3 is 0.934 bits per heavy atom. The lowest BCUT2D eigenvalue weighted by atomic mass is 9.70. The molecule has 34 heteroatoms. The van der Waals surface area contributed by atoms with Crippen LogP contribution in [0.25, 0.3) is 0 Å². The number of benzene rings is 6. The van der Waals surface area contributed by atoms with Gasteiger partial charge in [-0.05, 0) is 95.6 Å². The molecule has 8 N–H and O–H groups in total. The quantitative estimate of drug-likeness (QED) is 0.0416. The third kappa shape index (κ3) is 11.8. The van der Waals surface area contributed by atoms with Crippen LogP contribution in [0.5, 0.6) is 34.9 Å². The van der Waals surface area contributed by atoms with Crippen LogP contribution in [0.3, 0.4) is 0 Å². The van der Waals surface area contributed by atoms with E-state index in [0.717, 1.165) is 20.0 Å². The summed E-state index contributed by atoms with van der Waals surface area (Å²) in [4.78, 5) is 56.0. The third-order valence-electron chi connectivity index (χ3n) is 27.2. The number of aliphatic carboxylic acids is 1. The van der Waals surface area contributed by atoms with Crippen molar-refractivity contribution in [3.8, 4) is 34.9 Å². The number of aromatic nitrogens is 3. The number of carbonyl (C=O) groups is 3. The number of nitrogens with one attached hydrogen (secondary N) is 1. The van der Waals surface area contributed by atoms with Crippen LogP contribution in [-0.4, -0.2) is 172 Å². The van der Waals surface area contributed by atoms with Crippen molar-refractivity contribution in [3.05, 3.63) is 261 Å². The number of pyridine rings is 3. The van der Waals surface area contributed by atoms with E-state index < -0.39 is 152 Å². The Hall–Kier alpha value is -8.41. The van der Waals surface area contributed by atoms with Gasteiger partial charge in [0.05, 0.1) is 61.3 Å². The van der Waals surface area contributed by atoms with Crippen LogP contribution in [-0.2, 0) is 48.0 Å². The summed E-state index contributed by atoms with van der Waals surface area (Å²) in [5, 5.41) is 86.9. The number of fused-ring (bicyclic) bond motifs is 9. The maximum atomic E-state index is 14.5. The highest BCUT2D eigenvalue weighted by Gasteiger charge is 2.86. The monoisotopic (exact) mass is 1930 g/mol. The summed E-state index contributed by atoms with van der Waals surface area (Å²) in [7, 11) is 4.05. The number of amides is 2. The second-order valence-electron chi connectivity index (χ2n) is 32.7. The van der Waals surface area contributed by atoms with Gasteiger partial charge in [0.25, 0.3) is 17.8 Å². The molecule has 9 heterocycles. The molecule has 2 amide bonds. The number of alkyl halides is 6. The lowest BCUT2D eigenvalue weighted by molar-refractivity contribution is -0.164. The zero-order valence-electron chi connectivity index (χ0n) is 64.0. The Morgan fingerprint density at radius 1 is 0.451 bits per heavy atom. The van der Waals surface area contributed by atoms with Gasteiger partial charge in [-0.3, -0.25) is 14.4 Å². The molecule has 6 aromatic carbocycles. The standard InChI is InChI=1S/2C29H24BrClF2N2O5.C24H19BrClNO6.C5H7F2N.CH4/c2*1-39-24-22-18(13-19(31)34-24)40-29(16-7-9-17(30)10-8-16)21(15-5-3-2-4-6-15)20(23(36)28(22,29)38)25(37)35-12-11-26(35)14-27(26,32)33;1-32-21-19-15(11-16(26)27-21)33-24(13-7-9-14(25)10-8-13)18(12-5-3-2-4-6-12)17(22(29)30)20(28)23(19,24)31;6-5(7)3-4(5)1-2-8-4;/h2*2-10,13,20-21,23,36,38H,11-12,14H2,1H3;2-11,17-18,20,28,31H,1H3,(H,29,30);8H,1-3H2;1H4/t2*20-,21-,23-,26?,28+,29+;17-,18-,20-,23+,24+;;/m111../s1. The van der Waals surface area contributed by atoms with Crippen molar-refractivity contribution in [1.29, 1.82) is 0 Å². The Bertz CT molecular complexity index is 5460. The zero-order valence-corrected chi connectivity index (χ0v) is 71.0. The SMILES string of the molecule is C.COc1nc(Cl)cc2c1[C@]1(O)[C@H](O)[C@H](C(=O)N3CCC34CC4(F)F)[C@@H](c3ccccc3)[C@]1(c1ccc(Br)cc1)O2.COc1nc(Cl)cc2c1[C@]1(O)[C@H](O)[C@H](C(=O)N3CCC34CC4(F)F)[C@@H](c3ccccc3)[C@]1(c1ccc(Br)cc1)O2.COc1nc(Cl)cc2c1[C@]1(O)[C@H](O)[C@H](C(=O)O)[C@@H](c3ccccc3)[C@]1(c1ccc(Br)cc1)O2.FC1(F)CC12CCN2. The van der Waals surface area contributed by atoms with Gasteiger partial charge in [-0.25, -0.2) is 41.3 Å². The van der Waals surface area contributed by atoms with Gasteiger partial charge in [0.15, 0.2) is 33.6 Å². The highest BCUT2D eigenvalue weighted by molar-refractivity contribution is 9.11. The van der Waals surface area contributed by atoms with Gasteiger partial charge < -0.3 is 79.3 Å². The largest absolute Gasteiger partial charge is 0.481 e. The summed E-state index contributed by atoms with van der Waals surface area (Å²) in [6.45, 7) is 1.05. The van der Waals surface area contributed by atoms with Gasteiger partial charge in [0.2, 0.25) is 29.5 Å². The van der Waals surface area contributed by atoms with Crippen LogP contribution in [0, 0.1) is 17.8 Å². The molecular formula is C88H78Br3Cl3F6N6O16. The number of hydrogen-bond donors (Lipinski definition) is 8. The number of aliphatic hydroxyl groups excluding tert-OH is 3. The van der Waals surface area contributed by atoms with E-state index in [9.17, 15) is 76.5 Å². The molecule has 3 unspecified atom stereocenters. The highest BCUT2D eigenvalue weighted by atomic mass is 79.9. The maximum absolute atomic E-state index is 14.5. The highest BCUT2D eigenvalue weighted by Crippen LogP contribution is 2.76. The van der Waals surface area contributed by atoms with Crippen LogP contribution >= 0.6 is 82.6 Å². The molecule has 0 radical (unpaired) electrons. The molecule has 6 saturated carbocycles. The lowest BCUT2D eigenvalue weighted by Gasteiger charge is -2.45. The molecule has 9 aromatic rings. The summed E-state index contributed by atoms with van der Waals surface area (Å²) in [5.41, 5.74) is -12.5. The number of methoxy groups -OCH3 is 3. The average Bonchev–Trinajstić information content (AvgIpc) is 1.49. The molecule has 0 bridgehead atoms. The summed E-state index contributed by atoms with van der Waals surface area (Å²) in [6, 6.07) is 51.9. The first-order chi connectivity index (χ1) is 57.4. The fourth-order valence-corrected chi connectivity index (χ4v) is 22.5. The van der Waals surface area contributed by atoms with Crippen LogP contribution in [0.15, 0.2) is 195 Å². The summed E-state index contributed by atoms with van der Waals surface area (Å²) in [5.74, 6) is -17.7. The molecule has 21 rings (SSSR count). The predicted molar refractivity (Wildman–Crippen MR) is 441 cm³/mol. The van der Waals surface area contributed by atoms with Crippen molar-refractivity contribution in [3.63, 3.8) is 0 Å². The van der Waals surface area contributed by atoms with Crippen LogP contribution in [0.1, 0.15) is 114 Å². The van der Waals surface area contributed by atoms with Gasteiger partial charge in [-0.15, -0.1) is 0 Å². The molecule has 18 atom stereocenters. The molecule has 12 aliphatic rings. The Morgan fingerprint density at radius 2 is 0.721 bits per heavy atom. The minimum absolute atomic E-state index is 0. The van der Waals surface area contributed by atoms with Crippen molar-refractivity contribution in [2.45, 2.75) is 150 Å². The normalized spacial score (nSPS) is 33.9. The lowest BCUT2D eigenvalue weighted by Crippen LogP contribution is -2.60. The van der Waals surface area contributed by atoms with Gasteiger partial charge >= 0.3 is 5.97 Å². The molecule has 6 aliphatic carbocycles. The van der Waals surface area contributed by atoms with E-state index in [1.54, 1.807) is 164 Å². The van der Waals surface area contributed by atoms with E-state index in [1.807, 2.05) is 0 Å². The number of carboxylic acids is 1. The molecule has 3 saturated heterocycles. The molecule has 9 fully saturated rings. The molecule has 640 valence electrons. The molecule has 3 aromatic heterocycles. The third-order valence-corrected chi connectivity index (χ3v) is 29.3. The summed E-state index contributed by atoms with van der Waals surface area (Å²) < 4.78 is 121. The van der Waals surface area contributed by atoms with Crippen LogP contribution in [0.4, 0.5) is 26.3 Å². The number of hydrogen-bond acceptors (Lipinski definition) is 19. The van der Waals surface area contributed by atoms with E-state index in [4.69, 9.17) is 63.2 Å². The second-order valence-corrected chi connectivity index (χ2v) is 36.6. The fraction of sp³-hybridized carbons (Fsp3) is 0.386. The first-order valence-electron chi connectivity index (χ1n) is 38.7. The predicted octanol–water partition coefficient (Wildman–Crippen LogP) is 14.8. The number of halogens is 12. The fourth-order valence-electron chi connectivity index (χ4n) is 21.1. The summed E-state index contributed by atoms with van der Waals surface area (Å²) >= 11 is 29.0.